The molecule has 4 aromatic rings. The van der Waals surface area contributed by atoms with Crippen LogP contribution in [0.5, 0.6) is 5.75 Å². The molecular weight excluding hydrogens is 537 g/mol. The molecule has 39 heavy (non-hydrogen) atoms. The van der Waals surface area contributed by atoms with Crippen LogP contribution in [0.3, 0.4) is 0 Å². The lowest BCUT2D eigenvalue weighted by atomic mass is 9.91. The third kappa shape index (κ3) is 4.45. The van der Waals surface area contributed by atoms with Crippen LogP contribution in [-0.2, 0) is 0 Å². The van der Waals surface area contributed by atoms with Crippen molar-refractivity contribution in [2.75, 3.05) is 12.0 Å². The minimum absolute atomic E-state index is 0.0808. The zero-order valence-electron chi connectivity index (χ0n) is 22.1. The van der Waals surface area contributed by atoms with Gasteiger partial charge in [0.25, 0.3) is 5.91 Å². The number of nitrogens with zero attached hydrogens (tertiary/aromatic N) is 3. The van der Waals surface area contributed by atoms with Gasteiger partial charge in [-0.3, -0.25) is 9.69 Å². The van der Waals surface area contributed by atoms with Crippen molar-refractivity contribution in [2.45, 2.75) is 39.7 Å². The SMILES string of the molecule is COc1ccc(C(=O)O)cc1-n1nc2c(c1C(C)C)C(c1ccc(Cl)cc1C)N(c1cc(Cl)ccc1C)C2=O. The molecule has 1 N–H and O–H groups in total. The van der Waals surface area contributed by atoms with Crippen molar-refractivity contribution in [1.29, 1.82) is 0 Å². The van der Waals surface area contributed by atoms with E-state index >= 15 is 0 Å². The van der Waals surface area contributed by atoms with Crippen molar-refractivity contribution in [2.24, 2.45) is 0 Å². The van der Waals surface area contributed by atoms with Gasteiger partial charge in [0.1, 0.15) is 11.4 Å². The molecule has 3 aromatic carbocycles. The van der Waals surface area contributed by atoms with Gasteiger partial charge < -0.3 is 9.84 Å². The molecule has 200 valence electrons. The highest BCUT2D eigenvalue weighted by Crippen LogP contribution is 2.48. The number of aryl methyl sites for hydroxylation is 2. The highest BCUT2D eigenvalue weighted by molar-refractivity contribution is 6.31. The highest BCUT2D eigenvalue weighted by Gasteiger charge is 2.46. The second-order valence-corrected chi connectivity index (χ2v) is 10.8. The molecule has 0 bridgehead atoms. The molecule has 0 saturated heterocycles. The van der Waals surface area contributed by atoms with Crippen LogP contribution < -0.4 is 9.64 Å². The van der Waals surface area contributed by atoms with Crippen molar-refractivity contribution < 1.29 is 19.4 Å². The second-order valence-electron chi connectivity index (χ2n) is 9.92. The summed E-state index contributed by atoms with van der Waals surface area (Å²) in [6.45, 7) is 7.94. The van der Waals surface area contributed by atoms with Crippen molar-refractivity contribution in [3.8, 4) is 11.4 Å². The molecule has 0 radical (unpaired) electrons. The maximum Gasteiger partial charge on any atom is 0.335 e. The number of amides is 1. The van der Waals surface area contributed by atoms with Gasteiger partial charge in [0, 0.05) is 21.3 Å². The zero-order valence-corrected chi connectivity index (χ0v) is 23.6. The lowest BCUT2D eigenvalue weighted by Crippen LogP contribution is -2.31. The number of rotatable bonds is 6. The van der Waals surface area contributed by atoms with E-state index in [1.807, 2.05) is 52.0 Å². The van der Waals surface area contributed by atoms with Gasteiger partial charge in [0.15, 0.2) is 5.69 Å². The van der Waals surface area contributed by atoms with E-state index in [1.54, 1.807) is 27.8 Å². The molecule has 0 fully saturated rings. The number of halogens is 2. The van der Waals surface area contributed by atoms with Crippen molar-refractivity contribution >= 4 is 40.8 Å². The van der Waals surface area contributed by atoms with E-state index in [-0.39, 0.29) is 17.4 Å². The number of benzene rings is 3. The van der Waals surface area contributed by atoms with Crippen LogP contribution in [0.15, 0.2) is 54.6 Å². The number of anilines is 1. The van der Waals surface area contributed by atoms with Gasteiger partial charge in [0.05, 0.1) is 24.4 Å². The van der Waals surface area contributed by atoms with Crippen LogP contribution in [-0.4, -0.2) is 33.9 Å². The number of carbonyl (C=O) groups excluding carboxylic acids is 1. The minimum atomic E-state index is -1.07. The van der Waals surface area contributed by atoms with E-state index < -0.39 is 12.0 Å². The molecule has 2 heterocycles. The number of ether oxygens (including phenoxy) is 1. The Balaban J connectivity index is 1.84. The number of carbonyl (C=O) groups is 2. The summed E-state index contributed by atoms with van der Waals surface area (Å²) in [4.78, 5) is 27.8. The average Bonchev–Trinajstić information content (AvgIpc) is 3.40. The summed E-state index contributed by atoms with van der Waals surface area (Å²) >= 11 is 12.7. The third-order valence-corrected chi connectivity index (χ3v) is 7.54. The van der Waals surface area contributed by atoms with Crippen LogP contribution in [0.2, 0.25) is 10.0 Å². The Morgan fingerprint density at radius 2 is 1.67 bits per heavy atom. The first-order chi connectivity index (χ1) is 18.5. The number of carboxylic acids is 1. The Bertz CT molecular complexity index is 1640. The van der Waals surface area contributed by atoms with Crippen LogP contribution >= 0.6 is 23.2 Å². The fourth-order valence-electron chi connectivity index (χ4n) is 5.29. The first-order valence-electron chi connectivity index (χ1n) is 12.4. The summed E-state index contributed by atoms with van der Waals surface area (Å²) in [5.41, 5.74) is 5.76. The van der Waals surface area contributed by atoms with Crippen molar-refractivity contribution in [3.05, 3.63) is 104 Å². The molecule has 1 aliphatic rings. The lowest BCUT2D eigenvalue weighted by Gasteiger charge is -2.30. The molecule has 7 nitrogen and oxygen atoms in total. The first kappa shape index (κ1) is 26.8. The number of aromatic carboxylic acids is 1. The fourth-order valence-corrected chi connectivity index (χ4v) is 5.68. The molecule has 0 spiro atoms. The summed E-state index contributed by atoms with van der Waals surface area (Å²) in [5.74, 6) is -0.984. The number of fused-ring (bicyclic) bond motifs is 1. The quantitative estimate of drug-likeness (QED) is 0.264. The summed E-state index contributed by atoms with van der Waals surface area (Å²) in [6, 6.07) is 15.2. The van der Waals surface area contributed by atoms with E-state index in [9.17, 15) is 14.7 Å². The number of hydrogen-bond acceptors (Lipinski definition) is 4. The van der Waals surface area contributed by atoms with E-state index in [4.69, 9.17) is 33.0 Å². The molecule has 1 atom stereocenters. The number of methoxy groups -OCH3 is 1. The van der Waals surface area contributed by atoms with Gasteiger partial charge in [-0.05, 0) is 78.9 Å². The van der Waals surface area contributed by atoms with E-state index in [0.717, 1.165) is 27.9 Å². The van der Waals surface area contributed by atoms with E-state index in [1.165, 1.54) is 19.2 Å². The third-order valence-electron chi connectivity index (χ3n) is 7.07. The lowest BCUT2D eigenvalue weighted by molar-refractivity contribution is 0.0696. The van der Waals surface area contributed by atoms with Gasteiger partial charge in [-0.1, -0.05) is 49.2 Å². The predicted octanol–water partition coefficient (Wildman–Crippen LogP) is 7.38. The molecular formula is C30H27Cl2N3O4. The molecule has 1 aromatic heterocycles. The molecule has 9 heteroatoms. The van der Waals surface area contributed by atoms with Crippen molar-refractivity contribution in [1.82, 2.24) is 9.78 Å². The maximum atomic E-state index is 14.2. The van der Waals surface area contributed by atoms with Gasteiger partial charge in [-0.15, -0.1) is 0 Å². The largest absolute Gasteiger partial charge is 0.494 e. The monoisotopic (exact) mass is 563 g/mol. The summed E-state index contributed by atoms with van der Waals surface area (Å²) in [6.07, 6.45) is 0. The Hall–Kier alpha value is -3.81. The van der Waals surface area contributed by atoms with Gasteiger partial charge in [-0.2, -0.15) is 5.10 Å². The van der Waals surface area contributed by atoms with Crippen LogP contribution in [0.1, 0.15) is 74.6 Å². The molecule has 1 amide bonds. The van der Waals surface area contributed by atoms with Crippen LogP contribution in [0, 0.1) is 13.8 Å². The van der Waals surface area contributed by atoms with Gasteiger partial charge in [-0.25, -0.2) is 9.48 Å². The molecule has 1 unspecified atom stereocenters. The fraction of sp³-hybridized carbons (Fsp3) is 0.233. The predicted molar refractivity (Wildman–Crippen MR) is 152 cm³/mol. The molecule has 1 aliphatic heterocycles. The summed E-state index contributed by atoms with van der Waals surface area (Å²) in [7, 11) is 1.51. The number of carboxylic acid groups (broad SMARTS) is 1. The van der Waals surface area contributed by atoms with Crippen LogP contribution in [0.25, 0.3) is 5.69 Å². The molecule has 0 saturated carbocycles. The topological polar surface area (TPSA) is 84.7 Å². The zero-order chi connectivity index (χ0) is 28.2. The minimum Gasteiger partial charge on any atom is -0.494 e. The maximum absolute atomic E-state index is 14.2. The normalized spacial score (nSPS) is 14.7. The molecule has 0 aliphatic carbocycles. The van der Waals surface area contributed by atoms with E-state index in [2.05, 4.69) is 0 Å². The van der Waals surface area contributed by atoms with Gasteiger partial charge >= 0.3 is 5.97 Å². The van der Waals surface area contributed by atoms with Gasteiger partial charge in [0.2, 0.25) is 0 Å². The first-order valence-corrected chi connectivity index (χ1v) is 13.2. The Morgan fingerprint density at radius 3 is 2.31 bits per heavy atom. The summed E-state index contributed by atoms with van der Waals surface area (Å²) in [5, 5.41) is 15.6. The second kappa shape index (κ2) is 10.1. The number of aromatic nitrogens is 2. The number of hydrogen-bond donors (Lipinski definition) is 1. The Labute approximate surface area is 236 Å². The average molecular weight is 564 g/mol. The Morgan fingerprint density at radius 1 is 0.974 bits per heavy atom. The Kier molecular flexibility index (Phi) is 6.91. The van der Waals surface area contributed by atoms with Crippen LogP contribution in [0.4, 0.5) is 5.69 Å². The van der Waals surface area contributed by atoms with E-state index in [0.29, 0.717) is 32.9 Å². The van der Waals surface area contributed by atoms with Crippen molar-refractivity contribution in [3.63, 3.8) is 0 Å². The smallest absolute Gasteiger partial charge is 0.335 e. The molecule has 5 rings (SSSR count). The summed E-state index contributed by atoms with van der Waals surface area (Å²) < 4.78 is 7.23. The highest BCUT2D eigenvalue weighted by atomic mass is 35.5. The standard InChI is InChI=1S/C30H27Cl2N3O4/c1-15(2)27-25-26(33-35(27)23-13-18(30(37)38)7-11-24(23)39-5)29(36)34(22-14-20(32)8-6-16(22)3)28(25)21-10-9-19(31)12-17(21)4/h6-15,28H,1-5H3,(H,37,38).